The molecule has 1 aromatic rings. The average Bonchev–Trinajstić information content (AvgIpc) is 2.53. The zero-order chi connectivity index (χ0) is 16.7. The van der Waals surface area contributed by atoms with Crippen LogP contribution in [0.25, 0.3) is 0 Å². The molecule has 1 fully saturated rings. The molecule has 128 valence electrons. The van der Waals surface area contributed by atoms with E-state index in [0.29, 0.717) is 5.92 Å². The number of piperazine rings is 1. The number of nitrogens with one attached hydrogen (secondary N) is 1. The zero-order valence-electron chi connectivity index (χ0n) is 14.2. The van der Waals surface area contributed by atoms with Gasteiger partial charge in [0.2, 0.25) is 0 Å². The molecule has 1 aliphatic rings. The smallest absolute Gasteiger partial charge is 0.317 e. The number of nitrogens with zero attached hydrogens (tertiary/aromatic N) is 2. The molecule has 23 heavy (non-hydrogen) atoms. The summed E-state index contributed by atoms with van der Waals surface area (Å²) in [5.74, 6) is 0.492. The quantitative estimate of drug-likeness (QED) is 0.864. The Morgan fingerprint density at radius 1 is 1.26 bits per heavy atom. The van der Waals surface area contributed by atoms with Crippen LogP contribution in [0, 0.1) is 5.92 Å². The third-order valence-electron chi connectivity index (χ3n) is 4.15. The molecule has 0 aliphatic carbocycles. The highest BCUT2D eigenvalue weighted by molar-refractivity contribution is 6.30. The molecule has 1 saturated heterocycles. The van der Waals surface area contributed by atoms with Crippen LogP contribution in [0.15, 0.2) is 24.3 Å². The second-order valence-corrected chi connectivity index (χ2v) is 7.08. The normalized spacial score (nSPS) is 15.9. The molecule has 2 amide bonds. The molecule has 0 saturated carbocycles. The first kappa shape index (κ1) is 18.1. The third kappa shape index (κ3) is 6.40. The van der Waals surface area contributed by atoms with Gasteiger partial charge in [0, 0.05) is 37.7 Å². The van der Waals surface area contributed by atoms with Gasteiger partial charge in [0.15, 0.2) is 0 Å². The predicted octanol–water partition coefficient (Wildman–Crippen LogP) is 3.26. The maximum absolute atomic E-state index is 12.0. The molecular formula is C18H28ClN3O. The first-order valence-electron chi connectivity index (χ1n) is 8.54. The lowest BCUT2D eigenvalue weighted by Crippen LogP contribution is -2.52. The van der Waals surface area contributed by atoms with E-state index in [1.165, 1.54) is 5.56 Å². The number of carbonyl (C=O) groups excluding carboxylic acids is 1. The van der Waals surface area contributed by atoms with Gasteiger partial charge in [-0.3, -0.25) is 4.90 Å². The molecule has 1 N–H and O–H groups in total. The Morgan fingerprint density at radius 3 is 2.65 bits per heavy atom. The largest absolute Gasteiger partial charge is 0.338 e. The van der Waals surface area contributed by atoms with Gasteiger partial charge >= 0.3 is 6.03 Å². The van der Waals surface area contributed by atoms with Crippen LogP contribution in [0.1, 0.15) is 25.8 Å². The van der Waals surface area contributed by atoms with E-state index < -0.39 is 0 Å². The Kier molecular flexibility index (Phi) is 7.18. The standard InChI is InChI=1S/C18H28ClN3O/c1-15(2)14-20-18(23)22-11-9-21(10-12-22)8-4-6-16-5-3-7-17(19)13-16/h3,5,7,13,15H,4,6,8-12,14H2,1-2H3,(H,20,23). The average molecular weight is 338 g/mol. The molecule has 0 atom stereocenters. The van der Waals surface area contributed by atoms with Crippen molar-refractivity contribution in [2.75, 3.05) is 39.3 Å². The number of hydrogen-bond acceptors (Lipinski definition) is 2. The zero-order valence-corrected chi connectivity index (χ0v) is 15.0. The second kappa shape index (κ2) is 9.14. The highest BCUT2D eigenvalue weighted by Gasteiger charge is 2.20. The number of amides is 2. The van der Waals surface area contributed by atoms with Crippen LogP contribution < -0.4 is 5.32 Å². The Labute approximate surface area is 144 Å². The molecule has 0 bridgehead atoms. The lowest BCUT2D eigenvalue weighted by Gasteiger charge is -2.34. The van der Waals surface area contributed by atoms with Crippen LogP contribution in [-0.4, -0.2) is 55.1 Å². The van der Waals surface area contributed by atoms with Crippen molar-refractivity contribution in [2.45, 2.75) is 26.7 Å². The number of hydrogen-bond donors (Lipinski definition) is 1. The molecule has 4 nitrogen and oxygen atoms in total. The number of carbonyl (C=O) groups is 1. The molecular weight excluding hydrogens is 310 g/mol. The van der Waals surface area contributed by atoms with Gasteiger partial charge in [0.05, 0.1) is 0 Å². The van der Waals surface area contributed by atoms with Gasteiger partial charge in [-0.2, -0.15) is 0 Å². The first-order valence-corrected chi connectivity index (χ1v) is 8.92. The van der Waals surface area contributed by atoms with Gasteiger partial charge in [-0.25, -0.2) is 4.79 Å². The van der Waals surface area contributed by atoms with Crippen LogP contribution in [0.2, 0.25) is 5.02 Å². The Hall–Kier alpha value is -1.26. The van der Waals surface area contributed by atoms with E-state index in [9.17, 15) is 4.79 Å². The summed E-state index contributed by atoms with van der Waals surface area (Å²) in [6.07, 6.45) is 2.18. The molecule has 0 aromatic heterocycles. The summed E-state index contributed by atoms with van der Waals surface area (Å²) in [7, 11) is 0. The van der Waals surface area contributed by atoms with Crippen molar-refractivity contribution in [1.29, 1.82) is 0 Å². The van der Waals surface area contributed by atoms with Crippen molar-refractivity contribution in [1.82, 2.24) is 15.1 Å². The van der Waals surface area contributed by atoms with Crippen molar-refractivity contribution in [2.24, 2.45) is 5.92 Å². The fourth-order valence-corrected chi connectivity index (χ4v) is 2.99. The van der Waals surface area contributed by atoms with Gasteiger partial charge in [0.1, 0.15) is 0 Å². The molecule has 2 rings (SSSR count). The third-order valence-corrected chi connectivity index (χ3v) is 4.38. The molecule has 5 heteroatoms. The summed E-state index contributed by atoms with van der Waals surface area (Å²) in [6.45, 7) is 9.61. The maximum atomic E-state index is 12.0. The first-order chi connectivity index (χ1) is 11.0. The maximum Gasteiger partial charge on any atom is 0.317 e. The fourth-order valence-electron chi connectivity index (χ4n) is 2.78. The summed E-state index contributed by atoms with van der Waals surface area (Å²) >= 11 is 6.01. The number of benzene rings is 1. The second-order valence-electron chi connectivity index (χ2n) is 6.64. The number of aryl methyl sites for hydroxylation is 1. The van der Waals surface area contributed by atoms with Crippen molar-refractivity contribution in [3.05, 3.63) is 34.9 Å². The summed E-state index contributed by atoms with van der Waals surface area (Å²) < 4.78 is 0. The summed E-state index contributed by atoms with van der Waals surface area (Å²) in [6, 6.07) is 8.17. The summed E-state index contributed by atoms with van der Waals surface area (Å²) in [5.41, 5.74) is 1.30. The molecule has 1 heterocycles. The topological polar surface area (TPSA) is 35.6 Å². The molecule has 1 aliphatic heterocycles. The van der Waals surface area contributed by atoms with Crippen LogP contribution in [-0.2, 0) is 6.42 Å². The van der Waals surface area contributed by atoms with Crippen molar-refractivity contribution in [3.63, 3.8) is 0 Å². The SMILES string of the molecule is CC(C)CNC(=O)N1CCN(CCCc2cccc(Cl)c2)CC1. The van der Waals surface area contributed by atoms with E-state index in [-0.39, 0.29) is 6.03 Å². The van der Waals surface area contributed by atoms with Crippen LogP contribution >= 0.6 is 11.6 Å². The van der Waals surface area contributed by atoms with Crippen LogP contribution in [0.5, 0.6) is 0 Å². The van der Waals surface area contributed by atoms with Crippen molar-refractivity contribution in [3.8, 4) is 0 Å². The van der Waals surface area contributed by atoms with E-state index in [0.717, 1.165) is 57.1 Å². The minimum Gasteiger partial charge on any atom is -0.338 e. The highest BCUT2D eigenvalue weighted by atomic mass is 35.5. The highest BCUT2D eigenvalue weighted by Crippen LogP contribution is 2.13. The Morgan fingerprint density at radius 2 is 2.00 bits per heavy atom. The van der Waals surface area contributed by atoms with Crippen molar-refractivity contribution >= 4 is 17.6 Å². The van der Waals surface area contributed by atoms with Crippen LogP contribution in [0.4, 0.5) is 4.79 Å². The van der Waals surface area contributed by atoms with E-state index in [1.807, 2.05) is 23.1 Å². The van der Waals surface area contributed by atoms with Gasteiger partial charge in [-0.15, -0.1) is 0 Å². The van der Waals surface area contributed by atoms with E-state index in [2.05, 4.69) is 30.1 Å². The fraction of sp³-hybridized carbons (Fsp3) is 0.611. The monoisotopic (exact) mass is 337 g/mol. The Bertz CT molecular complexity index is 499. The van der Waals surface area contributed by atoms with Crippen molar-refractivity contribution < 1.29 is 4.79 Å². The Balaban J connectivity index is 1.64. The lowest BCUT2D eigenvalue weighted by molar-refractivity contribution is 0.138. The molecule has 1 aromatic carbocycles. The predicted molar refractivity (Wildman–Crippen MR) is 96.0 cm³/mol. The van der Waals surface area contributed by atoms with Gasteiger partial charge in [-0.05, 0) is 43.0 Å². The number of halogens is 1. The minimum atomic E-state index is 0.0808. The van der Waals surface area contributed by atoms with E-state index in [4.69, 9.17) is 11.6 Å². The van der Waals surface area contributed by atoms with Gasteiger partial charge < -0.3 is 10.2 Å². The minimum absolute atomic E-state index is 0.0808. The lowest BCUT2D eigenvalue weighted by atomic mass is 10.1. The number of urea groups is 1. The van der Waals surface area contributed by atoms with E-state index >= 15 is 0 Å². The molecule has 0 unspecified atom stereocenters. The van der Waals surface area contributed by atoms with Gasteiger partial charge in [-0.1, -0.05) is 37.6 Å². The summed E-state index contributed by atoms with van der Waals surface area (Å²) in [4.78, 5) is 16.4. The van der Waals surface area contributed by atoms with E-state index in [1.54, 1.807) is 0 Å². The number of rotatable bonds is 6. The van der Waals surface area contributed by atoms with Crippen LogP contribution in [0.3, 0.4) is 0 Å². The molecule has 0 spiro atoms. The summed E-state index contributed by atoms with van der Waals surface area (Å²) in [5, 5.41) is 3.80. The molecule has 0 radical (unpaired) electrons. The van der Waals surface area contributed by atoms with Gasteiger partial charge in [0.25, 0.3) is 0 Å².